The van der Waals surface area contributed by atoms with Gasteiger partial charge in [-0.05, 0) is 18.9 Å². The van der Waals surface area contributed by atoms with E-state index in [1.54, 1.807) is 21.3 Å². The predicted octanol–water partition coefficient (Wildman–Crippen LogP) is 3.16. The summed E-state index contributed by atoms with van der Waals surface area (Å²) >= 11 is 0. The number of methoxy groups -OCH3 is 3. The van der Waals surface area contributed by atoms with Crippen LogP contribution in [0.5, 0.6) is 0 Å². The van der Waals surface area contributed by atoms with Crippen molar-refractivity contribution in [3.05, 3.63) is 47.5 Å². The maximum absolute atomic E-state index is 12.3. The number of hydrogen-bond acceptors (Lipinski definition) is 4. The number of Topliss-reactive ketones (excluding diaryl/α,β-unsaturated/α-hetero) is 1. The van der Waals surface area contributed by atoms with Crippen molar-refractivity contribution < 1.29 is 19.0 Å². The Bertz CT molecular complexity index is 546. The lowest BCUT2D eigenvalue weighted by Crippen LogP contribution is -2.55. The summed E-state index contributed by atoms with van der Waals surface area (Å²) in [5, 5.41) is 0. The average molecular weight is 318 g/mol. The number of carbonyl (C=O) groups is 1. The Balaban J connectivity index is 2.30. The fourth-order valence-electron chi connectivity index (χ4n) is 3.43. The molecule has 1 saturated carbocycles. The lowest BCUT2D eigenvalue weighted by atomic mass is 9.75. The Morgan fingerprint density at radius 1 is 1.22 bits per heavy atom. The van der Waals surface area contributed by atoms with Gasteiger partial charge in [-0.2, -0.15) is 0 Å². The lowest BCUT2D eigenvalue weighted by molar-refractivity contribution is -0.260. The molecule has 0 radical (unpaired) electrons. The molecule has 0 aromatic heterocycles. The van der Waals surface area contributed by atoms with E-state index in [1.807, 2.05) is 25.1 Å². The van der Waals surface area contributed by atoms with Crippen LogP contribution in [0.3, 0.4) is 0 Å². The lowest BCUT2D eigenvalue weighted by Gasteiger charge is -2.45. The highest BCUT2D eigenvalue weighted by Gasteiger charge is 2.51. The molecule has 1 aliphatic rings. The van der Waals surface area contributed by atoms with Crippen molar-refractivity contribution in [1.82, 2.24) is 0 Å². The molecule has 4 heteroatoms. The van der Waals surface area contributed by atoms with Crippen LogP contribution in [0.1, 0.15) is 25.3 Å². The summed E-state index contributed by atoms with van der Waals surface area (Å²) in [6.45, 7) is 2.02. The molecule has 1 aliphatic carbocycles. The molecule has 1 aromatic carbocycles. The Kier molecular flexibility index (Phi) is 6.10. The first kappa shape index (κ1) is 17.9. The highest BCUT2D eigenvalue weighted by atomic mass is 16.7. The summed E-state index contributed by atoms with van der Waals surface area (Å²) in [6.07, 6.45) is 3.35. The van der Waals surface area contributed by atoms with Gasteiger partial charge in [0, 0.05) is 34.2 Å². The largest absolute Gasteiger partial charge is 0.373 e. The van der Waals surface area contributed by atoms with E-state index >= 15 is 0 Å². The molecular weight excluding hydrogens is 292 g/mol. The van der Waals surface area contributed by atoms with E-state index < -0.39 is 11.9 Å². The minimum Gasteiger partial charge on any atom is -0.373 e. The second-order valence-corrected chi connectivity index (χ2v) is 5.96. The van der Waals surface area contributed by atoms with Crippen molar-refractivity contribution in [3.8, 4) is 0 Å². The molecule has 0 aliphatic heterocycles. The van der Waals surface area contributed by atoms with Crippen LogP contribution in [-0.2, 0) is 25.4 Å². The molecule has 0 spiro atoms. The van der Waals surface area contributed by atoms with E-state index in [0.29, 0.717) is 12.8 Å². The number of ether oxygens (including phenoxy) is 3. The average Bonchev–Trinajstić information content (AvgIpc) is 2.60. The zero-order chi connectivity index (χ0) is 16.9. The van der Waals surface area contributed by atoms with Gasteiger partial charge in [0.25, 0.3) is 0 Å². The molecular formula is C19H26O4. The van der Waals surface area contributed by atoms with Crippen molar-refractivity contribution in [1.29, 1.82) is 0 Å². The standard InChI is InChI=1S/C19H26O4/c1-14(10-11-15-8-6-5-7-9-15)17-18(21-2)16(20)12-13-19(17,22-3)23-4/h5-10,17-18H,11-13H2,1-4H3/t17-,18+/m0/s1. The molecule has 0 amide bonds. The molecule has 0 bridgehead atoms. The van der Waals surface area contributed by atoms with Crippen LogP contribution >= 0.6 is 0 Å². The molecule has 2 rings (SSSR count). The van der Waals surface area contributed by atoms with E-state index in [0.717, 1.165) is 12.0 Å². The number of benzene rings is 1. The van der Waals surface area contributed by atoms with E-state index in [4.69, 9.17) is 14.2 Å². The zero-order valence-corrected chi connectivity index (χ0v) is 14.4. The molecule has 4 nitrogen and oxygen atoms in total. The monoisotopic (exact) mass is 318 g/mol. The summed E-state index contributed by atoms with van der Waals surface area (Å²) < 4.78 is 16.9. The third-order valence-corrected chi connectivity index (χ3v) is 4.75. The quantitative estimate of drug-likeness (QED) is 0.597. The van der Waals surface area contributed by atoms with Gasteiger partial charge in [0.15, 0.2) is 11.6 Å². The first-order chi connectivity index (χ1) is 11.1. The second-order valence-electron chi connectivity index (χ2n) is 5.96. The summed E-state index contributed by atoms with van der Waals surface area (Å²) in [4.78, 5) is 12.3. The molecule has 0 N–H and O–H groups in total. The van der Waals surface area contributed by atoms with Crippen molar-refractivity contribution in [2.75, 3.05) is 21.3 Å². The molecule has 1 fully saturated rings. The van der Waals surface area contributed by atoms with Crippen LogP contribution in [0, 0.1) is 5.92 Å². The van der Waals surface area contributed by atoms with E-state index in [9.17, 15) is 4.79 Å². The predicted molar refractivity (Wildman–Crippen MR) is 89.2 cm³/mol. The van der Waals surface area contributed by atoms with Gasteiger partial charge in [-0.15, -0.1) is 0 Å². The van der Waals surface area contributed by atoms with Gasteiger partial charge in [-0.25, -0.2) is 0 Å². The maximum Gasteiger partial charge on any atom is 0.177 e. The molecule has 1 aromatic rings. The SMILES string of the molecule is CO[C@@H]1C(=O)CCC(OC)(OC)[C@H]1C(C)=CCc1ccccc1. The van der Waals surface area contributed by atoms with E-state index in [-0.39, 0.29) is 11.7 Å². The molecule has 0 unspecified atom stereocenters. The van der Waals surface area contributed by atoms with Crippen LogP contribution in [0.25, 0.3) is 0 Å². The van der Waals surface area contributed by atoms with Gasteiger partial charge < -0.3 is 14.2 Å². The summed E-state index contributed by atoms with van der Waals surface area (Å²) in [5.41, 5.74) is 2.28. The van der Waals surface area contributed by atoms with Crippen LogP contribution < -0.4 is 0 Å². The van der Waals surface area contributed by atoms with Gasteiger partial charge in [0.1, 0.15) is 6.10 Å². The molecule has 0 saturated heterocycles. The van der Waals surface area contributed by atoms with Crippen LogP contribution in [-0.4, -0.2) is 39.0 Å². The van der Waals surface area contributed by atoms with Crippen molar-refractivity contribution in [2.45, 2.75) is 38.1 Å². The first-order valence-corrected chi connectivity index (χ1v) is 7.94. The molecule has 23 heavy (non-hydrogen) atoms. The number of hydrogen-bond donors (Lipinski definition) is 0. The number of rotatable bonds is 6. The van der Waals surface area contributed by atoms with Crippen molar-refractivity contribution >= 4 is 5.78 Å². The van der Waals surface area contributed by atoms with E-state index in [1.165, 1.54) is 5.56 Å². The Morgan fingerprint density at radius 2 is 1.87 bits per heavy atom. The molecule has 0 heterocycles. The van der Waals surface area contributed by atoms with Crippen LogP contribution in [0.2, 0.25) is 0 Å². The third kappa shape index (κ3) is 3.71. The van der Waals surface area contributed by atoms with Gasteiger partial charge >= 0.3 is 0 Å². The molecule has 126 valence electrons. The Morgan fingerprint density at radius 3 is 2.43 bits per heavy atom. The zero-order valence-electron chi connectivity index (χ0n) is 14.4. The van der Waals surface area contributed by atoms with Crippen LogP contribution in [0.15, 0.2) is 42.0 Å². The molecule has 2 atom stereocenters. The van der Waals surface area contributed by atoms with Gasteiger partial charge in [0.05, 0.1) is 5.92 Å². The van der Waals surface area contributed by atoms with Crippen LogP contribution in [0.4, 0.5) is 0 Å². The normalized spacial score (nSPS) is 24.7. The highest BCUT2D eigenvalue weighted by molar-refractivity contribution is 5.85. The number of allylic oxidation sites excluding steroid dienone is 1. The minimum absolute atomic E-state index is 0.106. The number of ketones is 1. The first-order valence-electron chi connectivity index (χ1n) is 7.94. The van der Waals surface area contributed by atoms with Gasteiger partial charge in [-0.1, -0.05) is 42.0 Å². The summed E-state index contributed by atoms with van der Waals surface area (Å²) in [6, 6.07) is 10.2. The summed E-state index contributed by atoms with van der Waals surface area (Å²) in [7, 11) is 4.83. The van der Waals surface area contributed by atoms with Gasteiger partial charge in [-0.3, -0.25) is 4.79 Å². The second kappa shape index (κ2) is 7.86. The Labute approximate surface area is 138 Å². The minimum atomic E-state index is -0.814. The highest BCUT2D eigenvalue weighted by Crippen LogP contribution is 2.41. The third-order valence-electron chi connectivity index (χ3n) is 4.75. The smallest absolute Gasteiger partial charge is 0.177 e. The maximum atomic E-state index is 12.3. The van der Waals surface area contributed by atoms with Crippen molar-refractivity contribution in [2.24, 2.45) is 5.92 Å². The topological polar surface area (TPSA) is 44.8 Å². The summed E-state index contributed by atoms with van der Waals surface area (Å²) in [5.74, 6) is -0.951. The number of carbonyl (C=O) groups excluding carboxylic acids is 1. The Hall–Kier alpha value is -1.49. The van der Waals surface area contributed by atoms with E-state index in [2.05, 4.69) is 18.2 Å². The fourth-order valence-corrected chi connectivity index (χ4v) is 3.43. The van der Waals surface area contributed by atoms with Crippen molar-refractivity contribution in [3.63, 3.8) is 0 Å². The fraction of sp³-hybridized carbons (Fsp3) is 0.526. The van der Waals surface area contributed by atoms with Gasteiger partial charge in [0.2, 0.25) is 0 Å².